The highest BCUT2D eigenvalue weighted by atomic mass is 16.2. The van der Waals surface area contributed by atoms with Crippen molar-refractivity contribution in [3.63, 3.8) is 0 Å². The fourth-order valence-corrected chi connectivity index (χ4v) is 3.71. The van der Waals surface area contributed by atoms with Crippen molar-refractivity contribution >= 4 is 11.4 Å². The number of likely N-dealkylation sites (tertiary alicyclic amines) is 1. The maximum atomic E-state index is 13.5. The van der Waals surface area contributed by atoms with Crippen LogP contribution >= 0.6 is 0 Å². The van der Waals surface area contributed by atoms with E-state index in [9.17, 15) is 4.79 Å². The van der Waals surface area contributed by atoms with Crippen LogP contribution < -0.4 is 0 Å². The van der Waals surface area contributed by atoms with Crippen molar-refractivity contribution in [2.45, 2.75) is 25.4 Å². The topological polar surface area (TPSA) is 40.8 Å². The Kier molecular flexibility index (Phi) is 4.71. The first-order valence-corrected chi connectivity index (χ1v) is 9.18. The van der Waals surface area contributed by atoms with E-state index in [-0.39, 0.29) is 11.9 Å². The highest BCUT2D eigenvalue weighted by Crippen LogP contribution is 2.22. The number of pyridine rings is 1. The number of rotatable bonds is 4. The number of aromatic nitrogens is 2. The van der Waals surface area contributed by atoms with Crippen LogP contribution in [0.2, 0.25) is 0 Å². The number of carbonyl (C=O) groups excluding carboxylic acids is 1. The monoisotopic (exact) mass is 348 g/mol. The molecule has 1 aliphatic rings. The van der Waals surface area contributed by atoms with E-state index < -0.39 is 0 Å². The van der Waals surface area contributed by atoms with Gasteiger partial charge in [0, 0.05) is 18.8 Å². The summed E-state index contributed by atoms with van der Waals surface area (Å²) in [4.78, 5) is 17.8. The van der Waals surface area contributed by atoms with E-state index in [1.165, 1.54) is 0 Å². The fourth-order valence-electron chi connectivity index (χ4n) is 3.71. The molecule has 1 fully saturated rings. The van der Waals surface area contributed by atoms with E-state index in [0.717, 1.165) is 37.0 Å². The van der Waals surface area contributed by atoms with Gasteiger partial charge in [0.05, 0.1) is 17.3 Å². The van der Waals surface area contributed by atoms with Crippen molar-refractivity contribution in [2.24, 2.45) is 0 Å². The van der Waals surface area contributed by atoms with Crippen LogP contribution in [0.4, 0.5) is 0 Å². The Hall–Kier alpha value is -2.66. The molecule has 0 saturated carbocycles. The third-order valence-corrected chi connectivity index (χ3v) is 5.24. The van der Waals surface area contributed by atoms with Crippen LogP contribution in [0.5, 0.6) is 0 Å². The van der Waals surface area contributed by atoms with Gasteiger partial charge in [-0.3, -0.25) is 4.79 Å². The Morgan fingerprint density at radius 2 is 1.85 bits per heavy atom. The van der Waals surface area contributed by atoms with Crippen molar-refractivity contribution in [2.75, 3.05) is 20.1 Å². The number of amides is 1. The van der Waals surface area contributed by atoms with Gasteiger partial charge in [-0.25, -0.2) is 4.52 Å². The molecule has 0 aliphatic carbocycles. The van der Waals surface area contributed by atoms with E-state index in [2.05, 4.69) is 29.2 Å². The predicted molar refractivity (Wildman–Crippen MR) is 102 cm³/mol. The van der Waals surface area contributed by atoms with Gasteiger partial charge < -0.3 is 9.80 Å². The van der Waals surface area contributed by atoms with Gasteiger partial charge in [-0.15, -0.1) is 0 Å². The van der Waals surface area contributed by atoms with Crippen LogP contribution in [0.1, 0.15) is 28.8 Å². The van der Waals surface area contributed by atoms with Crippen LogP contribution in [0, 0.1) is 0 Å². The highest BCUT2D eigenvalue weighted by molar-refractivity contribution is 6.00. The number of hydrogen-bond acceptors (Lipinski definition) is 3. The predicted octanol–water partition coefficient (Wildman–Crippen LogP) is 3.07. The summed E-state index contributed by atoms with van der Waals surface area (Å²) in [5, 5.41) is 4.35. The first-order valence-electron chi connectivity index (χ1n) is 9.18. The van der Waals surface area contributed by atoms with Crippen LogP contribution in [0.15, 0.2) is 60.9 Å². The molecule has 3 heterocycles. The Labute approximate surface area is 153 Å². The summed E-state index contributed by atoms with van der Waals surface area (Å²) in [7, 11) is 2.14. The van der Waals surface area contributed by atoms with Crippen molar-refractivity contribution < 1.29 is 4.79 Å². The van der Waals surface area contributed by atoms with Crippen LogP contribution in [-0.2, 0) is 6.54 Å². The van der Waals surface area contributed by atoms with Gasteiger partial charge in [0.1, 0.15) is 0 Å². The molecule has 134 valence electrons. The number of piperidine rings is 1. The first-order chi connectivity index (χ1) is 12.7. The molecule has 5 heteroatoms. The fraction of sp³-hybridized carbons (Fsp3) is 0.333. The lowest BCUT2D eigenvalue weighted by molar-refractivity contribution is 0.0571. The van der Waals surface area contributed by atoms with Crippen LogP contribution in [0.3, 0.4) is 0 Å². The lowest BCUT2D eigenvalue weighted by Gasteiger charge is -2.37. The molecule has 4 rings (SSSR count). The molecular formula is C21H24N4O. The SMILES string of the molecule is CN1CCC(N(Cc2ccccc2)C(=O)c2cnn3ccccc23)CC1. The minimum absolute atomic E-state index is 0.0737. The normalized spacial score (nSPS) is 16.0. The molecule has 0 unspecified atom stereocenters. The maximum Gasteiger partial charge on any atom is 0.258 e. The number of nitrogens with zero attached hydrogens (tertiary/aromatic N) is 4. The Morgan fingerprint density at radius 1 is 1.12 bits per heavy atom. The average Bonchev–Trinajstić information content (AvgIpc) is 3.11. The van der Waals surface area contributed by atoms with Crippen molar-refractivity contribution in [3.8, 4) is 0 Å². The molecule has 2 aromatic heterocycles. The summed E-state index contributed by atoms with van der Waals surface area (Å²) >= 11 is 0. The molecule has 3 aromatic rings. The molecule has 1 amide bonds. The molecule has 5 nitrogen and oxygen atoms in total. The summed E-state index contributed by atoms with van der Waals surface area (Å²) in [5.41, 5.74) is 2.71. The molecule has 0 radical (unpaired) electrons. The zero-order valence-electron chi connectivity index (χ0n) is 15.1. The molecular weight excluding hydrogens is 324 g/mol. The van der Waals surface area contributed by atoms with E-state index in [0.29, 0.717) is 12.1 Å². The summed E-state index contributed by atoms with van der Waals surface area (Å²) in [6, 6.07) is 16.3. The van der Waals surface area contributed by atoms with Crippen molar-refractivity contribution in [1.82, 2.24) is 19.4 Å². The van der Waals surface area contributed by atoms with Gasteiger partial charge in [0.15, 0.2) is 0 Å². The minimum Gasteiger partial charge on any atom is -0.331 e. The molecule has 1 aliphatic heterocycles. The Bertz CT molecular complexity index is 881. The lowest BCUT2D eigenvalue weighted by atomic mass is 10.0. The average molecular weight is 348 g/mol. The second-order valence-corrected chi connectivity index (χ2v) is 7.04. The second kappa shape index (κ2) is 7.30. The molecule has 26 heavy (non-hydrogen) atoms. The highest BCUT2D eigenvalue weighted by Gasteiger charge is 2.29. The van der Waals surface area contributed by atoms with Gasteiger partial charge in [0.2, 0.25) is 0 Å². The number of hydrogen-bond donors (Lipinski definition) is 0. The summed E-state index contributed by atoms with van der Waals surface area (Å²) in [6.45, 7) is 2.69. The van der Waals surface area contributed by atoms with Crippen molar-refractivity contribution in [1.29, 1.82) is 0 Å². The van der Waals surface area contributed by atoms with Crippen LogP contribution in [-0.4, -0.2) is 51.5 Å². The van der Waals surface area contributed by atoms with Gasteiger partial charge in [-0.05, 0) is 50.7 Å². The van der Waals surface area contributed by atoms with Crippen LogP contribution in [0.25, 0.3) is 5.52 Å². The standard InChI is InChI=1S/C21H24N4O/c1-23-13-10-18(11-14-23)24(16-17-7-3-2-4-8-17)21(26)19-15-22-25-12-6-5-9-20(19)25/h2-9,12,15,18H,10-11,13-14,16H2,1H3. The molecule has 0 spiro atoms. The summed E-state index contributed by atoms with van der Waals surface area (Å²) in [5.74, 6) is 0.0737. The molecule has 0 bridgehead atoms. The molecule has 1 aromatic carbocycles. The van der Waals surface area contributed by atoms with E-state index in [1.807, 2.05) is 47.5 Å². The zero-order chi connectivity index (χ0) is 17.9. The second-order valence-electron chi connectivity index (χ2n) is 7.04. The third-order valence-electron chi connectivity index (χ3n) is 5.24. The quantitative estimate of drug-likeness (QED) is 0.728. The van der Waals surface area contributed by atoms with Gasteiger partial charge in [0.25, 0.3) is 5.91 Å². The minimum atomic E-state index is 0.0737. The smallest absolute Gasteiger partial charge is 0.258 e. The summed E-state index contributed by atoms with van der Waals surface area (Å²) in [6.07, 6.45) is 5.59. The summed E-state index contributed by atoms with van der Waals surface area (Å²) < 4.78 is 1.77. The Morgan fingerprint density at radius 3 is 2.62 bits per heavy atom. The van der Waals surface area contributed by atoms with Gasteiger partial charge in [-0.1, -0.05) is 36.4 Å². The number of carbonyl (C=O) groups is 1. The molecule has 1 saturated heterocycles. The van der Waals surface area contributed by atoms with Gasteiger partial charge >= 0.3 is 0 Å². The van der Waals surface area contributed by atoms with Crippen molar-refractivity contribution in [3.05, 3.63) is 72.1 Å². The lowest BCUT2D eigenvalue weighted by Crippen LogP contribution is -2.46. The first kappa shape index (κ1) is 16.8. The molecule has 0 N–H and O–H groups in total. The third kappa shape index (κ3) is 3.35. The number of fused-ring (bicyclic) bond motifs is 1. The molecule has 0 atom stereocenters. The van der Waals surface area contributed by atoms with E-state index in [1.54, 1.807) is 10.7 Å². The zero-order valence-corrected chi connectivity index (χ0v) is 15.1. The largest absolute Gasteiger partial charge is 0.331 e. The van der Waals surface area contributed by atoms with E-state index in [4.69, 9.17) is 0 Å². The van der Waals surface area contributed by atoms with E-state index >= 15 is 0 Å². The number of benzene rings is 1. The van der Waals surface area contributed by atoms with Gasteiger partial charge in [-0.2, -0.15) is 5.10 Å². The Balaban J connectivity index is 1.66. The maximum absolute atomic E-state index is 13.5.